The Bertz CT molecular complexity index is 1900. The average molecular weight is 910 g/mol. The first-order valence-corrected chi connectivity index (χ1v) is 26.2. The summed E-state index contributed by atoms with van der Waals surface area (Å²) in [6, 6.07) is 2.45. The molecular weight excluding hydrogens is 839 g/mol. The quantitative estimate of drug-likeness (QED) is 0.0621. The molecule has 2 saturated carbocycles. The van der Waals surface area contributed by atoms with Crippen molar-refractivity contribution in [2.45, 2.75) is 170 Å². The molecule has 348 valence electrons. The fourth-order valence-electron chi connectivity index (χ4n) is 12.6. The Hall–Kier alpha value is -2.68. The summed E-state index contributed by atoms with van der Waals surface area (Å²) in [7, 11) is 3.81. The zero-order chi connectivity index (χ0) is 44.2. The predicted molar refractivity (Wildman–Crippen MR) is 248 cm³/mol. The fourth-order valence-corrected chi connectivity index (χ4v) is 15.1. The molecule has 13 nitrogen and oxygen atoms in total. The molecule has 7 aliphatic rings. The molecule has 63 heavy (non-hydrogen) atoms. The van der Waals surface area contributed by atoms with Crippen molar-refractivity contribution in [3.05, 3.63) is 35.4 Å². The first-order chi connectivity index (χ1) is 30.3. The number of aliphatic hydroxyl groups is 4. The van der Waals surface area contributed by atoms with Crippen LogP contribution in [-0.4, -0.2) is 110 Å². The van der Waals surface area contributed by atoms with Gasteiger partial charge in [-0.2, -0.15) is 0 Å². The molecular formula is C48H71N5O8S2. The van der Waals surface area contributed by atoms with Crippen molar-refractivity contribution >= 4 is 33.5 Å². The van der Waals surface area contributed by atoms with E-state index < -0.39 is 53.9 Å². The summed E-state index contributed by atoms with van der Waals surface area (Å²) in [5.41, 5.74) is 6.37. The van der Waals surface area contributed by atoms with Gasteiger partial charge in [-0.3, -0.25) is 4.79 Å². The highest BCUT2D eigenvalue weighted by molar-refractivity contribution is 8.76. The van der Waals surface area contributed by atoms with Crippen LogP contribution in [0, 0.1) is 34.5 Å². The van der Waals surface area contributed by atoms with Gasteiger partial charge in [-0.15, -0.1) is 0 Å². The van der Waals surface area contributed by atoms with Gasteiger partial charge in [0.1, 0.15) is 12.2 Å². The van der Waals surface area contributed by atoms with E-state index >= 15 is 0 Å². The lowest BCUT2D eigenvalue weighted by atomic mass is 9.65. The molecule has 3 heterocycles. The lowest BCUT2D eigenvalue weighted by molar-refractivity contribution is -0.152. The monoisotopic (exact) mass is 909 g/mol. The summed E-state index contributed by atoms with van der Waals surface area (Å²) >= 11 is 0. The van der Waals surface area contributed by atoms with Gasteiger partial charge in [0.15, 0.2) is 23.7 Å². The number of aliphatic imine (C=N–C) groups is 1. The smallest absolute Gasteiger partial charge is 0.302 e. The van der Waals surface area contributed by atoms with Crippen LogP contribution < -0.4 is 26.4 Å². The van der Waals surface area contributed by atoms with E-state index in [1.54, 1.807) is 6.07 Å². The molecule has 4 aliphatic carbocycles. The first kappa shape index (κ1) is 46.8. The van der Waals surface area contributed by atoms with Crippen LogP contribution in [0.2, 0.25) is 0 Å². The number of esters is 1. The molecule has 4 spiro atoms. The second-order valence-corrected chi connectivity index (χ2v) is 22.7. The maximum absolute atomic E-state index is 12.9. The topological polar surface area (TPSA) is 211 Å². The molecule has 10 unspecified atom stereocenters. The van der Waals surface area contributed by atoms with Crippen molar-refractivity contribution in [1.29, 1.82) is 0 Å². The summed E-state index contributed by atoms with van der Waals surface area (Å²) in [6.07, 6.45) is 13.7. The van der Waals surface area contributed by atoms with E-state index in [4.69, 9.17) is 20.2 Å². The van der Waals surface area contributed by atoms with Gasteiger partial charge in [-0.05, 0) is 107 Å². The van der Waals surface area contributed by atoms with Crippen LogP contribution in [0.1, 0.15) is 133 Å². The molecule has 0 amide bonds. The normalized spacial score (nSPS) is 37.6. The number of ether oxygens (including phenoxy) is 2. The number of phenolic OH excluding ortho intramolecular Hbond substituents is 1. The molecule has 15 heteroatoms. The third kappa shape index (κ3) is 10.8. The van der Waals surface area contributed by atoms with Crippen molar-refractivity contribution in [1.82, 2.24) is 16.0 Å². The van der Waals surface area contributed by atoms with E-state index in [0.29, 0.717) is 42.6 Å². The highest BCUT2D eigenvalue weighted by Crippen LogP contribution is 2.53. The van der Waals surface area contributed by atoms with E-state index in [-0.39, 0.29) is 53.5 Å². The number of nitrogens with two attached hydrogens (primary N) is 1. The van der Waals surface area contributed by atoms with E-state index in [1.165, 1.54) is 45.1 Å². The highest BCUT2D eigenvalue weighted by atomic mass is 33.1. The number of aromatic hydroxyl groups is 1. The van der Waals surface area contributed by atoms with Gasteiger partial charge in [0.2, 0.25) is 0 Å². The molecule has 1 saturated heterocycles. The van der Waals surface area contributed by atoms with Crippen molar-refractivity contribution in [3.8, 4) is 23.3 Å². The van der Waals surface area contributed by atoms with Crippen LogP contribution in [0.25, 0.3) is 0 Å². The molecule has 10 N–H and O–H groups in total. The Labute approximate surface area is 381 Å². The maximum Gasteiger partial charge on any atom is 0.302 e. The van der Waals surface area contributed by atoms with Gasteiger partial charge in [0, 0.05) is 67.3 Å². The predicted octanol–water partition coefficient (Wildman–Crippen LogP) is 5.12. The Balaban J connectivity index is 1.26. The summed E-state index contributed by atoms with van der Waals surface area (Å²) in [5, 5.41) is 68.2. The Morgan fingerprint density at radius 3 is 2.63 bits per heavy atom. The van der Waals surface area contributed by atoms with Crippen LogP contribution in [0.5, 0.6) is 11.5 Å². The maximum atomic E-state index is 12.9. The zero-order valence-corrected chi connectivity index (χ0v) is 38.6. The average Bonchev–Trinajstić information content (AvgIpc) is 3.67. The largest absolute Gasteiger partial charge is 0.504 e. The highest BCUT2D eigenvalue weighted by Gasteiger charge is 2.49. The van der Waals surface area contributed by atoms with E-state index in [2.05, 4.69) is 27.8 Å². The first-order valence-electron chi connectivity index (χ1n) is 23.7. The lowest BCUT2D eigenvalue weighted by Crippen LogP contribution is -2.59. The van der Waals surface area contributed by atoms with E-state index in [9.17, 15) is 30.3 Å². The van der Waals surface area contributed by atoms with Crippen LogP contribution in [-0.2, 0) is 16.0 Å². The fraction of sp³-hybridized carbons (Fsp3) is 0.750. The van der Waals surface area contributed by atoms with Gasteiger partial charge in [0.05, 0.1) is 29.2 Å². The molecule has 3 fully saturated rings. The van der Waals surface area contributed by atoms with Crippen LogP contribution in [0.15, 0.2) is 29.3 Å². The third-order valence-corrected chi connectivity index (χ3v) is 18.2. The SMILES string of the molecule is CC(=O)OC1CC(O)CCC23C#CC4CCCC5(CNCCSSCC6(CCCC7(CCCC7)C6)NC(N)=NC2C=CCC3O)CC(CCN5)Oc2cc(c(C(O)O)cc2O)CC41. The summed E-state index contributed by atoms with van der Waals surface area (Å²) in [5.74, 6) is 8.20. The minimum absolute atomic E-state index is 0.120. The Morgan fingerprint density at radius 1 is 1.02 bits per heavy atom. The number of hydrogen-bond donors (Lipinski definition) is 9. The second kappa shape index (κ2) is 20.0. The number of carbonyl (C=O) groups excluding carboxylic acids is 1. The van der Waals surface area contributed by atoms with E-state index in [1.807, 2.05) is 33.7 Å². The number of rotatable bonds is 2. The van der Waals surface area contributed by atoms with Crippen molar-refractivity contribution < 1.29 is 39.8 Å². The van der Waals surface area contributed by atoms with Crippen LogP contribution in [0.3, 0.4) is 0 Å². The molecule has 1 aromatic carbocycles. The molecule has 6 bridgehead atoms. The summed E-state index contributed by atoms with van der Waals surface area (Å²) in [6.45, 7) is 3.64. The van der Waals surface area contributed by atoms with Gasteiger partial charge in [0.25, 0.3) is 0 Å². The molecule has 8 rings (SSSR count). The van der Waals surface area contributed by atoms with Gasteiger partial charge >= 0.3 is 5.97 Å². The Kier molecular flexibility index (Phi) is 14.9. The molecule has 1 aromatic rings. The van der Waals surface area contributed by atoms with E-state index in [0.717, 1.165) is 69.7 Å². The number of aliphatic hydroxyl groups excluding tert-OH is 3. The van der Waals surface area contributed by atoms with Crippen LogP contribution >= 0.6 is 21.6 Å². The minimum atomic E-state index is -1.90. The number of nitrogens with zero attached hydrogens (tertiary/aromatic N) is 1. The number of piperidine rings is 1. The van der Waals surface area contributed by atoms with Gasteiger partial charge < -0.3 is 56.7 Å². The number of benzene rings is 1. The zero-order valence-electron chi connectivity index (χ0n) is 37.0. The van der Waals surface area contributed by atoms with Crippen molar-refractivity contribution in [2.24, 2.45) is 33.4 Å². The minimum Gasteiger partial charge on any atom is -0.504 e. The lowest BCUT2D eigenvalue weighted by Gasteiger charge is -2.47. The molecule has 10 atom stereocenters. The standard InChI is InChI=1S/C48H71N5O8S2/c1-31(54)60-39-25-34(55)11-19-48-18-10-32-7-5-16-46(27-35(12-20-51-46)61-40-24-33(23-36(32)39)37(43(58)59)26-38(40)56)29-50-21-22-62-63-30-47(17-6-15-45(28-47)13-2-3-14-45)53-44(49)52-41(48)8-4-9-42(48)57/h4,8,24,26,32,34-36,39,41-43,50-51,55-59H,2-3,5-7,9,11-17,19-23,25,27-30H2,1H3,(H3,49,52,53). The Morgan fingerprint density at radius 2 is 1.83 bits per heavy atom. The molecule has 3 aliphatic heterocycles. The number of carbonyl (C=O) groups is 1. The number of hydrogen-bond acceptors (Lipinski definition) is 15. The van der Waals surface area contributed by atoms with Crippen LogP contribution in [0.4, 0.5) is 0 Å². The van der Waals surface area contributed by atoms with Gasteiger partial charge in [-0.1, -0.05) is 71.3 Å². The number of fused-ring (bicyclic) bond motifs is 5. The number of phenols is 1. The third-order valence-electron chi connectivity index (χ3n) is 15.7. The van der Waals surface area contributed by atoms with Gasteiger partial charge in [-0.25, -0.2) is 4.99 Å². The van der Waals surface area contributed by atoms with Crippen molar-refractivity contribution in [2.75, 3.05) is 31.1 Å². The second-order valence-electron chi connectivity index (χ2n) is 20.1. The number of guanidine groups is 1. The molecule has 0 radical (unpaired) electrons. The summed E-state index contributed by atoms with van der Waals surface area (Å²) in [4.78, 5) is 18.1. The summed E-state index contributed by atoms with van der Waals surface area (Å²) < 4.78 is 12.8. The van der Waals surface area contributed by atoms with Crippen molar-refractivity contribution in [3.63, 3.8) is 0 Å². The molecule has 0 aromatic heterocycles. The number of nitrogens with one attached hydrogen (secondary N) is 3.